The lowest BCUT2D eigenvalue weighted by atomic mass is 10.0. The Hall–Kier alpha value is 0.0169. The molecule has 210 valence electrons. The van der Waals surface area contributed by atoms with Crippen molar-refractivity contribution in [3.8, 4) is 0 Å². The maximum Gasteiger partial charge on any atom is 0.501 e. The van der Waals surface area contributed by atoms with E-state index in [2.05, 4.69) is 21.0 Å². The number of quaternary nitrogens is 1. The molecule has 35 heavy (non-hydrogen) atoms. The number of aliphatic hydroxyl groups is 1. The van der Waals surface area contributed by atoms with E-state index in [0.717, 1.165) is 23.5 Å². The van der Waals surface area contributed by atoms with Crippen molar-refractivity contribution in [3.05, 3.63) is 0 Å². The molecule has 3 atom stereocenters. The number of aliphatic hydroxyl groups excluding tert-OH is 1. The molecule has 1 fully saturated rings. The highest BCUT2D eigenvalue weighted by Gasteiger charge is 2.47. The van der Waals surface area contributed by atoms with Crippen molar-refractivity contribution < 1.29 is 22.9 Å². The number of hydrogen-bond acceptors (Lipinski definition) is 4. The van der Waals surface area contributed by atoms with Crippen LogP contribution in [-0.2, 0) is 13.3 Å². The third-order valence-electron chi connectivity index (χ3n) is 7.33. The van der Waals surface area contributed by atoms with Gasteiger partial charge in [-0.05, 0) is 26.7 Å². The number of unbranched alkanes of at least 4 members (excludes halogenated alkanes) is 15. The van der Waals surface area contributed by atoms with Gasteiger partial charge < -0.3 is 22.9 Å². The lowest BCUT2D eigenvalue weighted by Crippen LogP contribution is -2.46. The fourth-order valence-electron chi connectivity index (χ4n) is 5.07. The van der Waals surface area contributed by atoms with Crippen LogP contribution in [-0.4, -0.2) is 71.0 Å². The second kappa shape index (κ2) is 20.0. The summed E-state index contributed by atoms with van der Waals surface area (Å²) < 4.78 is 19.1. The highest BCUT2D eigenvalue weighted by molar-refractivity contribution is 6.61. The zero-order chi connectivity index (χ0) is 25.8. The van der Waals surface area contributed by atoms with Gasteiger partial charge in [0.25, 0.3) is 0 Å². The minimum atomic E-state index is -2.60. The molecule has 1 N–H and O–H groups in total. The monoisotopic (exact) mass is 516 g/mol. The van der Waals surface area contributed by atoms with Gasteiger partial charge in [0.05, 0.1) is 52.6 Å². The Balaban J connectivity index is 1.97. The molecule has 0 aliphatic carbocycles. The number of nitrogens with zero attached hydrogens (tertiary/aromatic N) is 1. The molecule has 1 aliphatic heterocycles. The smallest absolute Gasteiger partial charge is 0.391 e. The molecule has 1 heterocycles. The van der Waals surface area contributed by atoms with Crippen molar-refractivity contribution in [1.29, 1.82) is 0 Å². The molecule has 1 rings (SSSR count). The van der Waals surface area contributed by atoms with E-state index in [4.69, 9.17) is 13.3 Å². The van der Waals surface area contributed by atoms with Gasteiger partial charge in [-0.3, -0.25) is 0 Å². The molecule has 5 nitrogen and oxygen atoms in total. The Labute approximate surface area is 220 Å². The zero-order valence-corrected chi connectivity index (χ0v) is 25.3. The SMILES string of the molecule is CCCCCCCCCCCCCCCCCC[N+](C)(C)CCC[Si]1(OCC(C)O)OCC(C)O1. The van der Waals surface area contributed by atoms with E-state index in [9.17, 15) is 5.11 Å². The van der Waals surface area contributed by atoms with Crippen molar-refractivity contribution in [2.45, 2.75) is 148 Å². The molecule has 0 saturated carbocycles. The molecule has 0 aromatic rings. The van der Waals surface area contributed by atoms with Crippen LogP contribution in [0.25, 0.3) is 0 Å². The summed E-state index contributed by atoms with van der Waals surface area (Å²) in [5.74, 6) is 0. The third kappa shape index (κ3) is 18.0. The van der Waals surface area contributed by atoms with E-state index in [0.29, 0.717) is 13.2 Å². The first kappa shape index (κ1) is 33.0. The van der Waals surface area contributed by atoms with Crippen LogP contribution < -0.4 is 0 Å². The molecule has 1 saturated heterocycles. The second-order valence-corrected chi connectivity index (χ2v) is 14.6. The maximum absolute atomic E-state index is 9.60. The summed E-state index contributed by atoms with van der Waals surface area (Å²) in [6.07, 6.45) is 23.4. The predicted molar refractivity (Wildman–Crippen MR) is 151 cm³/mol. The summed E-state index contributed by atoms with van der Waals surface area (Å²) in [4.78, 5) is 0. The number of rotatable bonds is 24. The van der Waals surface area contributed by atoms with Crippen molar-refractivity contribution in [3.63, 3.8) is 0 Å². The van der Waals surface area contributed by atoms with Crippen LogP contribution in [0.1, 0.15) is 130 Å². The molecule has 6 heteroatoms. The summed E-state index contributed by atoms with van der Waals surface area (Å²) in [6.45, 7) is 9.35. The Kier molecular flexibility index (Phi) is 18.9. The Morgan fingerprint density at radius 1 is 0.800 bits per heavy atom. The summed E-state index contributed by atoms with van der Waals surface area (Å²) in [5.41, 5.74) is 0. The summed E-state index contributed by atoms with van der Waals surface area (Å²) in [5, 5.41) is 9.60. The lowest BCUT2D eigenvalue weighted by Gasteiger charge is -2.31. The maximum atomic E-state index is 9.60. The van der Waals surface area contributed by atoms with Gasteiger partial charge >= 0.3 is 8.80 Å². The van der Waals surface area contributed by atoms with E-state index >= 15 is 0 Å². The Morgan fingerprint density at radius 2 is 1.26 bits per heavy atom. The molecule has 0 amide bonds. The summed E-state index contributed by atoms with van der Waals surface area (Å²) in [7, 11) is 2.08. The van der Waals surface area contributed by atoms with E-state index in [1.807, 2.05) is 6.92 Å². The normalized spacial score (nSPS) is 21.6. The lowest BCUT2D eigenvalue weighted by molar-refractivity contribution is -0.890. The van der Waals surface area contributed by atoms with Crippen LogP contribution in [0.5, 0.6) is 0 Å². The van der Waals surface area contributed by atoms with Gasteiger partial charge in [0.15, 0.2) is 0 Å². The van der Waals surface area contributed by atoms with Gasteiger partial charge in [-0.15, -0.1) is 0 Å². The molecule has 0 aromatic heterocycles. The fraction of sp³-hybridized carbons (Fsp3) is 1.00. The molecular weight excluding hydrogens is 454 g/mol. The van der Waals surface area contributed by atoms with Crippen molar-refractivity contribution >= 4 is 8.80 Å². The van der Waals surface area contributed by atoms with Gasteiger partial charge in [-0.2, -0.15) is 0 Å². The van der Waals surface area contributed by atoms with Gasteiger partial charge in [-0.1, -0.05) is 96.8 Å². The fourth-order valence-corrected chi connectivity index (χ4v) is 7.95. The summed E-state index contributed by atoms with van der Waals surface area (Å²) in [6, 6.07) is 0.852. The van der Waals surface area contributed by atoms with E-state index in [-0.39, 0.29) is 6.10 Å². The standard InChI is InChI=1S/C29H62NO4Si/c1-6-7-8-9-10-11-12-13-14-15-16-17-18-19-20-21-23-30(4,5)24-22-25-35(32-26-28(2)31)33-27-29(3)34-35/h28-29,31H,6-27H2,1-5H3/q+1. The van der Waals surface area contributed by atoms with E-state index in [1.54, 1.807) is 6.92 Å². The van der Waals surface area contributed by atoms with Crippen LogP contribution >= 0.6 is 0 Å². The van der Waals surface area contributed by atoms with E-state index in [1.165, 1.54) is 109 Å². The van der Waals surface area contributed by atoms with E-state index < -0.39 is 14.9 Å². The Morgan fingerprint density at radius 3 is 1.69 bits per heavy atom. The van der Waals surface area contributed by atoms with Gasteiger partial charge in [-0.25, -0.2) is 0 Å². The van der Waals surface area contributed by atoms with Gasteiger partial charge in [0.2, 0.25) is 0 Å². The second-order valence-electron chi connectivity index (χ2n) is 11.9. The van der Waals surface area contributed by atoms with Crippen molar-refractivity contribution in [2.75, 3.05) is 40.4 Å². The van der Waals surface area contributed by atoms with Crippen LogP contribution in [0, 0.1) is 0 Å². The zero-order valence-electron chi connectivity index (χ0n) is 24.3. The Bertz CT molecular complexity index is 491. The molecule has 0 radical (unpaired) electrons. The van der Waals surface area contributed by atoms with Gasteiger partial charge in [0, 0.05) is 12.5 Å². The highest BCUT2D eigenvalue weighted by Crippen LogP contribution is 2.27. The highest BCUT2D eigenvalue weighted by atomic mass is 28.4. The average Bonchev–Trinajstić information content (AvgIpc) is 3.18. The van der Waals surface area contributed by atoms with Crippen LogP contribution in [0.3, 0.4) is 0 Å². The third-order valence-corrected chi connectivity index (χ3v) is 10.3. The first-order chi connectivity index (χ1) is 16.8. The van der Waals surface area contributed by atoms with Crippen LogP contribution in [0.2, 0.25) is 6.04 Å². The minimum absolute atomic E-state index is 0.100. The minimum Gasteiger partial charge on any atom is -0.391 e. The van der Waals surface area contributed by atoms with Crippen molar-refractivity contribution in [2.24, 2.45) is 0 Å². The summed E-state index contributed by atoms with van der Waals surface area (Å²) >= 11 is 0. The molecule has 0 bridgehead atoms. The first-order valence-corrected chi connectivity index (χ1v) is 17.2. The predicted octanol–water partition coefficient (Wildman–Crippen LogP) is 7.49. The van der Waals surface area contributed by atoms with Gasteiger partial charge in [0.1, 0.15) is 0 Å². The van der Waals surface area contributed by atoms with Crippen LogP contribution in [0.15, 0.2) is 0 Å². The van der Waals surface area contributed by atoms with Crippen LogP contribution in [0.4, 0.5) is 0 Å². The molecule has 0 aromatic carbocycles. The number of hydrogen-bond donors (Lipinski definition) is 1. The topological polar surface area (TPSA) is 47.9 Å². The molecule has 3 unspecified atom stereocenters. The molecule has 1 aliphatic rings. The average molecular weight is 517 g/mol. The molecular formula is C29H62NO4Si+. The van der Waals surface area contributed by atoms with Crippen molar-refractivity contribution in [1.82, 2.24) is 0 Å². The quantitative estimate of drug-likeness (QED) is 0.0820. The molecule has 0 spiro atoms. The largest absolute Gasteiger partial charge is 0.501 e. The first-order valence-electron chi connectivity index (χ1n) is 15.2.